The molecule has 0 heterocycles. The molecular formula is C20H21N3O2S. The van der Waals surface area contributed by atoms with Gasteiger partial charge in [-0.15, -0.1) is 0 Å². The van der Waals surface area contributed by atoms with Crippen LogP contribution in [0.4, 0.5) is 11.4 Å². The summed E-state index contributed by atoms with van der Waals surface area (Å²) in [5, 5.41) is 5.74. The van der Waals surface area contributed by atoms with Crippen LogP contribution in [-0.2, 0) is 9.59 Å². The van der Waals surface area contributed by atoms with E-state index in [-0.39, 0.29) is 16.9 Å². The quantitative estimate of drug-likeness (QED) is 0.641. The molecular weight excluding hydrogens is 346 g/mol. The first-order valence-electron chi connectivity index (χ1n) is 8.06. The van der Waals surface area contributed by atoms with E-state index < -0.39 is 0 Å². The van der Waals surface area contributed by atoms with Crippen LogP contribution in [-0.4, -0.2) is 24.0 Å². The Morgan fingerprint density at radius 3 is 2.23 bits per heavy atom. The number of benzene rings is 2. The summed E-state index contributed by atoms with van der Waals surface area (Å²) in [5.74, 6) is -0.357. The molecule has 0 saturated heterocycles. The van der Waals surface area contributed by atoms with Gasteiger partial charge in [0.25, 0.3) is 0 Å². The topological polar surface area (TPSA) is 61.4 Å². The van der Waals surface area contributed by atoms with Crippen molar-refractivity contribution in [1.82, 2.24) is 5.32 Å². The van der Waals surface area contributed by atoms with Crippen molar-refractivity contribution in [3.63, 3.8) is 0 Å². The fourth-order valence-electron chi connectivity index (χ4n) is 2.12. The summed E-state index contributed by atoms with van der Waals surface area (Å²) in [7, 11) is 1.70. The lowest BCUT2D eigenvalue weighted by Gasteiger charge is -2.15. The van der Waals surface area contributed by atoms with Gasteiger partial charge in [-0.2, -0.15) is 0 Å². The fraction of sp³-hybridized carbons (Fsp3) is 0.150. The molecule has 2 aromatic carbocycles. The van der Waals surface area contributed by atoms with E-state index in [9.17, 15) is 9.59 Å². The maximum absolute atomic E-state index is 11.9. The first-order chi connectivity index (χ1) is 12.3. The number of amides is 2. The van der Waals surface area contributed by atoms with Crippen LogP contribution in [0.3, 0.4) is 0 Å². The Labute approximate surface area is 158 Å². The summed E-state index contributed by atoms with van der Waals surface area (Å²) in [6.07, 6.45) is 3.16. The highest BCUT2D eigenvalue weighted by atomic mass is 32.1. The maximum Gasteiger partial charge on any atom is 0.250 e. The average molecular weight is 367 g/mol. The van der Waals surface area contributed by atoms with Crippen molar-refractivity contribution in [3.8, 4) is 0 Å². The fourth-order valence-corrected chi connectivity index (χ4v) is 2.33. The van der Waals surface area contributed by atoms with Gasteiger partial charge in [0, 0.05) is 31.4 Å². The normalized spacial score (nSPS) is 10.4. The van der Waals surface area contributed by atoms with Crippen molar-refractivity contribution >= 4 is 46.6 Å². The molecule has 0 aliphatic rings. The number of carbonyl (C=O) groups excluding carboxylic acids is 2. The second-order valence-corrected chi connectivity index (χ2v) is 6.22. The predicted molar refractivity (Wildman–Crippen MR) is 110 cm³/mol. The summed E-state index contributed by atoms with van der Waals surface area (Å²) in [6, 6.07) is 15.0. The Kier molecular flexibility index (Phi) is 6.63. The molecule has 5 nitrogen and oxygen atoms in total. The van der Waals surface area contributed by atoms with Gasteiger partial charge in [0.1, 0.15) is 0 Å². The minimum absolute atomic E-state index is 0.0474. The van der Waals surface area contributed by atoms with Crippen LogP contribution in [0, 0.1) is 6.92 Å². The summed E-state index contributed by atoms with van der Waals surface area (Å²) in [4.78, 5) is 24.8. The van der Waals surface area contributed by atoms with E-state index in [0.29, 0.717) is 0 Å². The third-order valence-corrected chi connectivity index (χ3v) is 3.93. The molecule has 0 unspecified atom stereocenters. The molecule has 0 aliphatic heterocycles. The minimum Gasteiger partial charge on any atom is -0.332 e. The van der Waals surface area contributed by atoms with Gasteiger partial charge < -0.3 is 10.2 Å². The van der Waals surface area contributed by atoms with Crippen molar-refractivity contribution in [1.29, 1.82) is 0 Å². The van der Waals surface area contributed by atoms with Crippen LogP contribution >= 0.6 is 12.2 Å². The van der Waals surface area contributed by atoms with Crippen molar-refractivity contribution in [2.75, 3.05) is 17.3 Å². The smallest absolute Gasteiger partial charge is 0.250 e. The zero-order valence-corrected chi connectivity index (χ0v) is 15.8. The van der Waals surface area contributed by atoms with Crippen LogP contribution in [0.2, 0.25) is 0 Å². The molecule has 26 heavy (non-hydrogen) atoms. The first-order valence-corrected chi connectivity index (χ1v) is 8.47. The van der Waals surface area contributed by atoms with E-state index in [1.165, 1.54) is 13.0 Å². The van der Waals surface area contributed by atoms with Crippen LogP contribution in [0.1, 0.15) is 18.1 Å². The lowest BCUT2D eigenvalue weighted by Crippen LogP contribution is -2.32. The predicted octanol–water partition coefficient (Wildman–Crippen LogP) is 3.50. The standard InChI is InChI=1S/C20H21N3O2S/c1-14-4-6-16(7-5-14)8-13-19(25)22-20(26)21-17-9-11-18(12-10-17)23(3)15(2)24/h4-13H,1-3H3,(H2,21,22,25,26). The summed E-state index contributed by atoms with van der Waals surface area (Å²) >= 11 is 5.14. The van der Waals surface area contributed by atoms with Crippen LogP contribution in [0.15, 0.2) is 54.6 Å². The van der Waals surface area contributed by atoms with E-state index in [1.807, 2.05) is 31.2 Å². The zero-order valence-electron chi connectivity index (χ0n) is 14.9. The Hall–Kier alpha value is -2.99. The molecule has 2 rings (SSSR count). The molecule has 2 aromatic rings. The van der Waals surface area contributed by atoms with Gasteiger partial charge in [-0.25, -0.2) is 0 Å². The zero-order chi connectivity index (χ0) is 19.1. The van der Waals surface area contributed by atoms with Crippen molar-refractivity contribution in [2.45, 2.75) is 13.8 Å². The van der Waals surface area contributed by atoms with Crippen LogP contribution in [0.25, 0.3) is 6.08 Å². The molecule has 0 spiro atoms. The number of aryl methyl sites for hydroxylation is 1. The molecule has 0 radical (unpaired) electrons. The van der Waals surface area contributed by atoms with E-state index in [2.05, 4.69) is 10.6 Å². The van der Waals surface area contributed by atoms with Gasteiger partial charge in [-0.05, 0) is 55.0 Å². The van der Waals surface area contributed by atoms with Gasteiger partial charge in [0.05, 0.1) is 0 Å². The van der Waals surface area contributed by atoms with Gasteiger partial charge in [0.15, 0.2) is 5.11 Å². The van der Waals surface area contributed by atoms with Crippen LogP contribution < -0.4 is 15.5 Å². The third-order valence-electron chi connectivity index (χ3n) is 3.73. The lowest BCUT2D eigenvalue weighted by atomic mass is 10.1. The largest absolute Gasteiger partial charge is 0.332 e. The number of anilines is 2. The Bertz CT molecular complexity index is 827. The highest BCUT2D eigenvalue weighted by Gasteiger charge is 2.06. The van der Waals surface area contributed by atoms with Crippen molar-refractivity contribution < 1.29 is 9.59 Å². The third kappa shape index (κ3) is 5.82. The molecule has 0 bridgehead atoms. The van der Waals surface area contributed by atoms with E-state index in [1.54, 1.807) is 42.3 Å². The number of rotatable bonds is 4. The number of hydrogen-bond donors (Lipinski definition) is 2. The number of nitrogens with zero attached hydrogens (tertiary/aromatic N) is 1. The summed E-state index contributed by atoms with van der Waals surface area (Å²) in [6.45, 7) is 3.51. The number of hydrogen-bond acceptors (Lipinski definition) is 3. The lowest BCUT2D eigenvalue weighted by molar-refractivity contribution is -0.116. The van der Waals surface area contributed by atoms with Gasteiger partial charge >= 0.3 is 0 Å². The second-order valence-electron chi connectivity index (χ2n) is 5.81. The SMILES string of the molecule is CC(=O)N(C)c1ccc(NC(=S)NC(=O)C=Cc2ccc(C)cc2)cc1. The van der Waals surface area contributed by atoms with Gasteiger partial charge in [-0.3, -0.25) is 14.9 Å². The first kappa shape index (κ1) is 19.3. The summed E-state index contributed by atoms with van der Waals surface area (Å²) in [5.41, 5.74) is 3.60. The minimum atomic E-state index is -0.309. The molecule has 2 N–H and O–H groups in total. The Morgan fingerprint density at radius 1 is 1.04 bits per heavy atom. The van der Waals surface area contributed by atoms with E-state index in [4.69, 9.17) is 12.2 Å². The average Bonchev–Trinajstić information content (AvgIpc) is 2.61. The van der Waals surface area contributed by atoms with E-state index in [0.717, 1.165) is 22.5 Å². The number of carbonyl (C=O) groups is 2. The molecule has 134 valence electrons. The van der Waals surface area contributed by atoms with Crippen LogP contribution in [0.5, 0.6) is 0 Å². The highest BCUT2D eigenvalue weighted by Crippen LogP contribution is 2.16. The molecule has 0 aliphatic carbocycles. The Morgan fingerprint density at radius 2 is 1.65 bits per heavy atom. The number of thiocarbonyl (C=S) groups is 1. The molecule has 0 fully saturated rings. The molecule has 2 amide bonds. The van der Waals surface area contributed by atoms with Gasteiger partial charge in [-0.1, -0.05) is 29.8 Å². The second kappa shape index (κ2) is 8.92. The van der Waals surface area contributed by atoms with Crippen molar-refractivity contribution in [2.24, 2.45) is 0 Å². The molecule has 0 aromatic heterocycles. The summed E-state index contributed by atoms with van der Waals surface area (Å²) < 4.78 is 0. The van der Waals surface area contributed by atoms with Crippen molar-refractivity contribution in [3.05, 3.63) is 65.7 Å². The number of nitrogens with one attached hydrogen (secondary N) is 2. The van der Waals surface area contributed by atoms with Gasteiger partial charge in [0.2, 0.25) is 11.8 Å². The molecule has 0 saturated carbocycles. The molecule has 6 heteroatoms. The maximum atomic E-state index is 11.9. The molecule has 0 atom stereocenters. The Balaban J connectivity index is 1.88. The van der Waals surface area contributed by atoms with E-state index >= 15 is 0 Å². The monoisotopic (exact) mass is 367 g/mol. The highest BCUT2D eigenvalue weighted by molar-refractivity contribution is 7.80.